The Labute approximate surface area is 133 Å². The third kappa shape index (κ3) is 3.58. The van der Waals surface area contributed by atoms with Gasteiger partial charge in [-0.1, -0.05) is 6.92 Å². The SMILES string of the molecule is CCCOc1ccc(C(=O)OC)cc1-c1ccc(C#N)c(=O)[nH]1. The molecule has 0 amide bonds. The highest BCUT2D eigenvalue weighted by molar-refractivity contribution is 5.91. The van der Waals surface area contributed by atoms with E-state index in [2.05, 4.69) is 4.98 Å². The van der Waals surface area contributed by atoms with Crippen molar-refractivity contribution in [3.63, 3.8) is 0 Å². The van der Waals surface area contributed by atoms with E-state index >= 15 is 0 Å². The van der Waals surface area contributed by atoms with Gasteiger partial charge in [-0.05, 0) is 36.8 Å². The standard InChI is InChI=1S/C17H16N2O4/c1-3-8-23-15-7-5-11(17(21)22-2)9-13(15)14-6-4-12(10-18)16(20)19-14/h4-7,9H,3,8H2,1-2H3,(H,19,20). The molecule has 0 saturated heterocycles. The number of nitrogens with zero attached hydrogens (tertiary/aromatic N) is 1. The van der Waals surface area contributed by atoms with Crippen LogP contribution >= 0.6 is 0 Å². The van der Waals surface area contributed by atoms with Gasteiger partial charge in [0, 0.05) is 5.56 Å². The van der Waals surface area contributed by atoms with Gasteiger partial charge in [-0.3, -0.25) is 4.79 Å². The molecule has 118 valence electrons. The third-order valence-corrected chi connectivity index (χ3v) is 3.18. The molecule has 0 saturated carbocycles. The quantitative estimate of drug-likeness (QED) is 0.856. The third-order valence-electron chi connectivity index (χ3n) is 3.18. The molecule has 0 spiro atoms. The fourth-order valence-electron chi connectivity index (χ4n) is 2.04. The number of nitrogens with one attached hydrogen (secondary N) is 1. The van der Waals surface area contributed by atoms with Crippen LogP contribution < -0.4 is 10.3 Å². The van der Waals surface area contributed by atoms with E-state index in [9.17, 15) is 9.59 Å². The number of aromatic amines is 1. The molecule has 0 fully saturated rings. The molecular weight excluding hydrogens is 296 g/mol. The maximum atomic E-state index is 11.8. The summed E-state index contributed by atoms with van der Waals surface area (Å²) < 4.78 is 10.4. The zero-order valence-corrected chi connectivity index (χ0v) is 12.9. The number of ether oxygens (including phenoxy) is 2. The number of nitriles is 1. The fraction of sp³-hybridized carbons (Fsp3) is 0.235. The van der Waals surface area contributed by atoms with Crippen molar-refractivity contribution in [2.75, 3.05) is 13.7 Å². The number of benzene rings is 1. The first-order chi connectivity index (χ1) is 11.1. The summed E-state index contributed by atoms with van der Waals surface area (Å²) in [6.45, 7) is 2.48. The van der Waals surface area contributed by atoms with Crippen molar-refractivity contribution in [2.24, 2.45) is 0 Å². The summed E-state index contributed by atoms with van der Waals surface area (Å²) in [7, 11) is 1.30. The molecule has 1 aromatic carbocycles. The number of carbonyl (C=O) groups excluding carboxylic acids is 1. The highest BCUT2D eigenvalue weighted by Crippen LogP contribution is 2.30. The lowest BCUT2D eigenvalue weighted by Gasteiger charge is -2.12. The molecule has 0 bridgehead atoms. The number of pyridine rings is 1. The first kappa shape index (κ1) is 16.3. The lowest BCUT2D eigenvalue weighted by atomic mass is 10.1. The predicted octanol–water partition coefficient (Wildman–Crippen LogP) is 2.49. The Kier molecular flexibility index (Phi) is 5.15. The number of esters is 1. The molecule has 1 aromatic heterocycles. The first-order valence-electron chi connectivity index (χ1n) is 7.09. The molecule has 0 radical (unpaired) electrons. The van der Waals surface area contributed by atoms with Crippen LogP contribution in [0, 0.1) is 11.3 Å². The van der Waals surface area contributed by atoms with E-state index in [1.807, 2.05) is 13.0 Å². The maximum Gasteiger partial charge on any atom is 0.337 e. The Morgan fingerprint density at radius 3 is 2.70 bits per heavy atom. The predicted molar refractivity (Wildman–Crippen MR) is 84.3 cm³/mol. The number of hydrogen-bond acceptors (Lipinski definition) is 5. The van der Waals surface area contributed by atoms with E-state index in [-0.39, 0.29) is 5.56 Å². The van der Waals surface area contributed by atoms with E-state index in [0.717, 1.165) is 6.42 Å². The maximum absolute atomic E-state index is 11.8. The number of carbonyl (C=O) groups is 1. The van der Waals surface area contributed by atoms with Gasteiger partial charge in [-0.2, -0.15) is 5.26 Å². The van der Waals surface area contributed by atoms with Gasteiger partial charge in [0.05, 0.1) is 25.0 Å². The van der Waals surface area contributed by atoms with Gasteiger partial charge in [0.25, 0.3) is 5.56 Å². The molecular formula is C17H16N2O4. The van der Waals surface area contributed by atoms with Crippen LogP contribution in [0.3, 0.4) is 0 Å². The van der Waals surface area contributed by atoms with Crippen LogP contribution in [-0.4, -0.2) is 24.7 Å². The second kappa shape index (κ2) is 7.27. The lowest BCUT2D eigenvalue weighted by Crippen LogP contribution is -2.11. The minimum absolute atomic E-state index is 0.0221. The molecule has 2 aromatic rings. The molecule has 1 heterocycles. The van der Waals surface area contributed by atoms with Gasteiger partial charge in [-0.25, -0.2) is 4.79 Å². The molecule has 0 aliphatic heterocycles. The van der Waals surface area contributed by atoms with Gasteiger partial charge in [-0.15, -0.1) is 0 Å². The molecule has 2 rings (SSSR count). The molecule has 6 nitrogen and oxygen atoms in total. The summed E-state index contributed by atoms with van der Waals surface area (Å²) >= 11 is 0. The van der Waals surface area contributed by atoms with Crippen molar-refractivity contribution in [3.05, 3.63) is 51.8 Å². The number of H-pyrrole nitrogens is 1. The van der Waals surface area contributed by atoms with Crippen LogP contribution in [0.25, 0.3) is 11.3 Å². The van der Waals surface area contributed by atoms with E-state index in [0.29, 0.717) is 29.2 Å². The summed E-state index contributed by atoms with van der Waals surface area (Å²) in [6.07, 6.45) is 0.822. The minimum Gasteiger partial charge on any atom is -0.493 e. The second-order valence-electron chi connectivity index (χ2n) is 4.78. The second-order valence-corrected chi connectivity index (χ2v) is 4.78. The topological polar surface area (TPSA) is 92.2 Å². The highest BCUT2D eigenvalue weighted by atomic mass is 16.5. The first-order valence-corrected chi connectivity index (χ1v) is 7.09. The molecule has 1 N–H and O–H groups in total. The van der Waals surface area contributed by atoms with Crippen LogP contribution in [0.5, 0.6) is 5.75 Å². The average molecular weight is 312 g/mol. The Bertz CT molecular complexity index is 818. The Morgan fingerprint density at radius 2 is 2.09 bits per heavy atom. The molecule has 0 unspecified atom stereocenters. The van der Waals surface area contributed by atoms with Crippen molar-refractivity contribution in [1.82, 2.24) is 4.98 Å². The average Bonchev–Trinajstić information content (AvgIpc) is 2.59. The van der Waals surface area contributed by atoms with Crippen LogP contribution in [-0.2, 0) is 4.74 Å². The van der Waals surface area contributed by atoms with Crippen LogP contribution in [0.15, 0.2) is 35.1 Å². The van der Waals surface area contributed by atoms with Crippen LogP contribution in [0.2, 0.25) is 0 Å². The van der Waals surface area contributed by atoms with Crippen LogP contribution in [0.4, 0.5) is 0 Å². The summed E-state index contributed by atoms with van der Waals surface area (Å²) in [5.41, 5.74) is 0.897. The van der Waals surface area contributed by atoms with Gasteiger partial charge in [0.2, 0.25) is 0 Å². The summed E-state index contributed by atoms with van der Waals surface area (Å²) in [6, 6.07) is 9.70. The summed E-state index contributed by atoms with van der Waals surface area (Å²) in [5, 5.41) is 8.84. The zero-order valence-electron chi connectivity index (χ0n) is 12.9. The van der Waals surface area contributed by atoms with E-state index in [1.165, 1.54) is 13.2 Å². The highest BCUT2D eigenvalue weighted by Gasteiger charge is 2.14. The number of rotatable bonds is 5. The fourth-order valence-corrected chi connectivity index (χ4v) is 2.04. The van der Waals surface area contributed by atoms with Crippen molar-refractivity contribution in [1.29, 1.82) is 5.26 Å². The Hall–Kier alpha value is -3.07. The van der Waals surface area contributed by atoms with E-state index < -0.39 is 11.5 Å². The van der Waals surface area contributed by atoms with E-state index in [4.69, 9.17) is 14.7 Å². The molecule has 0 aliphatic carbocycles. The molecule has 0 aliphatic rings. The molecule has 6 heteroatoms. The molecule has 23 heavy (non-hydrogen) atoms. The van der Waals surface area contributed by atoms with Crippen LogP contribution in [0.1, 0.15) is 29.3 Å². The number of methoxy groups -OCH3 is 1. The normalized spacial score (nSPS) is 9.96. The smallest absolute Gasteiger partial charge is 0.337 e. The summed E-state index contributed by atoms with van der Waals surface area (Å²) in [5.74, 6) is 0.0594. The van der Waals surface area contributed by atoms with Crippen molar-refractivity contribution < 1.29 is 14.3 Å². The van der Waals surface area contributed by atoms with Gasteiger partial charge < -0.3 is 14.5 Å². The van der Waals surface area contributed by atoms with Crippen molar-refractivity contribution in [2.45, 2.75) is 13.3 Å². The summed E-state index contributed by atoms with van der Waals surface area (Å²) in [4.78, 5) is 26.2. The number of hydrogen-bond donors (Lipinski definition) is 1. The van der Waals surface area contributed by atoms with Gasteiger partial charge in [0.1, 0.15) is 17.4 Å². The Balaban J connectivity index is 2.56. The monoisotopic (exact) mass is 312 g/mol. The van der Waals surface area contributed by atoms with Gasteiger partial charge in [0.15, 0.2) is 0 Å². The lowest BCUT2D eigenvalue weighted by molar-refractivity contribution is 0.0600. The minimum atomic E-state index is -0.491. The Morgan fingerprint density at radius 1 is 1.30 bits per heavy atom. The molecule has 0 atom stereocenters. The largest absolute Gasteiger partial charge is 0.493 e. The van der Waals surface area contributed by atoms with E-state index in [1.54, 1.807) is 24.3 Å². The van der Waals surface area contributed by atoms with Crippen molar-refractivity contribution in [3.8, 4) is 23.1 Å². The zero-order chi connectivity index (χ0) is 16.8. The van der Waals surface area contributed by atoms with Crippen molar-refractivity contribution >= 4 is 5.97 Å². The van der Waals surface area contributed by atoms with Gasteiger partial charge >= 0.3 is 5.97 Å². The number of aromatic nitrogens is 1.